The highest BCUT2D eigenvalue weighted by molar-refractivity contribution is 5.94. The normalized spacial score (nSPS) is 13.7. The largest absolute Gasteiger partial charge is 0.368 e. The Balaban J connectivity index is 1.41. The summed E-state index contributed by atoms with van der Waals surface area (Å²) in [6, 6.07) is 18.6. The van der Waals surface area contributed by atoms with Gasteiger partial charge in [-0.25, -0.2) is 0 Å². The lowest BCUT2D eigenvalue weighted by molar-refractivity contribution is -0.131. The molecule has 1 fully saturated rings. The lowest BCUT2D eigenvalue weighted by atomic mass is 10.1. The molecule has 0 spiro atoms. The van der Waals surface area contributed by atoms with Crippen molar-refractivity contribution in [3.63, 3.8) is 0 Å². The van der Waals surface area contributed by atoms with Gasteiger partial charge in [0.05, 0.1) is 11.6 Å². The third kappa shape index (κ3) is 4.85. The molecule has 2 aromatic carbocycles. The molecule has 6 heteroatoms. The van der Waals surface area contributed by atoms with Crippen molar-refractivity contribution in [3.8, 4) is 6.07 Å². The van der Waals surface area contributed by atoms with Crippen LogP contribution in [0.5, 0.6) is 0 Å². The molecule has 2 aromatic rings. The third-order valence-corrected chi connectivity index (χ3v) is 4.65. The summed E-state index contributed by atoms with van der Waals surface area (Å²) in [5.74, 6) is -0.177. The maximum atomic E-state index is 12.4. The predicted octanol–water partition coefficient (Wildman–Crippen LogP) is 2.03. The molecule has 2 amide bonds. The van der Waals surface area contributed by atoms with Crippen LogP contribution >= 0.6 is 0 Å². The minimum absolute atomic E-state index is 0.0582. The number of nitrogens with zero attached hydrogens (tertiary/aromatic N) is 3. The Morgan fingerprint density at radius 2 is 1.63 bits per heavy atom. The molecule has 1 aliphatic rings. The maximum absolute atomic E-state index is 12.4. The van der Waals surface area contributed by atoms with Gasteiger partial charge in [-0.3, -0.25) is 9.59 Å². The number of hydrogen-bond donors (Lipinski definition) is 1. The summed E-state index contributed by atoms with van der Waals surface area (Å²) < 4.78 is 0. The first-order valence-electron chi connectivity index (χ1n) is 9.03. The zero-order chi connectivity index (χ0) is 19.1. The number of anilines is 1. The van der Waals surface area contributed by atoms with Crippen molar-refractivity contribution in [2.45, 2.75) is 6.42 Å². The number of carbonyl (C=O) groups excluding carboxylic acids is 2. The van der Waals surface area contributed by atoms with Gasteiger partial charge < -0.3 is 15.1 Å². The molecular weight excluding hydrogens is 340 g/mol. The number of nitriles is 1. The molecule has 0 atom stereocenters. The van der Waals surface area contributed by atoms with Gasteiger partial charge in [0.25, 0.3) is 5.91 Å². The second-order valence-electron chi connectivity index (χ2n) is 6.40. The van der Waals surface area contributed by atoms with Crippen molar-refractivity contribution in [3.05, 3.63) is 65.7 Å². The molecule has 1 aliphatic heterocycles. The minimum atomic E-state index is -0.235. The highest BCUT2D eigenvalue weighted by Gasteiger charge is 2.21. The fraction of sp³-hybridized carbons (Fsp3) is 0.286. The number of rotatable bonds is 5. The van der Waals surface area contributed by atoms with Crippen molar-refractivity contribution in [2.24, 2.45) is 0 Å². The van der Waals surface area contributed by atoms with Crippen LogP contribution in [-0.4, -0.2) is 49.4 Å². The Labute approximate surface area is 159 Å². The number of carbonyl (C=O) groups is 2. The molecule has 3 rings (SSSR count). The van der Waals surface area contributed by atoms with E-state index in [1.807, 2.05) is 29.2 Å². The fourth-order valence-corrected chi connectivity index (χ4v) is 3.09. The molecule has 1 heterocycles. The van der Waals surface area contributed by atoms with Crippen LogP contribution < -0.4 is 10.2 Å². The topological polar surface area (TPSA) is 76.4 Å². The van der Waals surface area contributed by atoms with Gasteiger partial charge in [0.15, 0.2) is 0 Å². The molecular formula is C21H22N4O2. The Kier molecular flexibility index (Phi) is 6.06. The number of piperazine rings is 1. The number of nitrogens with one attached hydrogen (secondary N) is 1. The van der Waals surface area contributed by atoms with E-state index in [9.17, 15) is 9.59 Å². The molecule has 138 valence electrons. The van der Waals surface area contributed by atoms with E-state index in [1.54, 1.807) is 24.3 Å². The summed E-state index contributed by atoms with van der Waals surface area (Å²) in [7, 11) is 0. The molecule has 0 radical (unpaired) electrons. The third-order valence-electron chi connectivity index (χ3n) is 4.65. The molecule has 0 bridgehead atoms. The van der Waals surface area contributed by atoms with Crippen LogP contribution in [0.1, 0.15) is 22.3 Å². The van der Waals surface area contributed by atoms with Gasteiger partial charge in [-0.15, -0.1) is 0 Å². The predicted molar refractivity (Wildman–Crippen MR) is 103 cm³/mol. The van der Waals surface area contributed by atoms with Crippen LogP contribution in [0.25, 0.3) is 0 Å². The lowest BCUT2D eigenvalue weighted by Gasteiger charge is -2.36. The number of amides is 2. The molecule has 1 N–H and O–H groups in total. The first-order valence-corrected chi connectivity index (χ1v) is 9.03. The van der Waals surface area contributed by atoms with Gasteiger partial charge in [-0.05, 0) is 36.4 Å². The van der Waals surface area contributed by atoms with Crippen molar-refractivity contribution in [1.29, 1.82) is 5.26 Å². The van der Waals surface area contributed by atoms with E-state index in [2.05, 4.69) is 22.3 Å². The van der Waals surface area contributed by atoms with Crippen molar-refractivity contribution in [1.82, 2.24) is 10.2 Å². The quantitative estimate of drug-likeness (QED) is 0.883. The lowest BCUT2D eigenvalue weighted by Crippen LogP contribution is -2.49. The van der Waals surface area contributed by atoms with Crippen molar-refractivity contribution >= 4 is 17.5 Å². The van der Waals surface area contributed by atoms with E-state index in [-0.39, 0.29) is 18.2 Å². The van der Waals surface area contributed by atoms with E-state index >= 15 is 0 Å². The summed E-state index contributed by atoms with van der Waals surface area (Å²) >= 11 is 0. The van der Waals surface area contributed by atoms with Gasteiger partial charge in [0.2, 0.25) is 5.91 Å². The van der Waals surface area contributed by atoms with Crippen molar-refractivity contribution in [2.75, 3.05) is 37.6 Å². The fourth-order valence-electron chi connectivity index (χ4n) is 3.09. The standard InChI is InChI=1S/C21H22N4O2/c22-16-17-6-8-18(9-7-17)21(27)23-11-10-20(26)25-14-12-24(13-15-25)19-4-2-1-3-5-19/h1-9H,10-15H2,(H,23,27). The van der Waals surface area contributed by atoms with Crippen LogP contribution in [0, 0.1) is 11.3 Å². The van der Waals surface area contributed by atoms with Crippen LogP contribution in [0.3, 0.4) is 0 Å². The summed E-state index contributed by atoms with van der Waals surface area (Å²) in [4.78, 5) is 28.6. The molecule has 1 saturated heterocycles. The summed E-state index contributed by atoms with van der Waals surface area (Å²) in [6.07, 6.45) is 0.285. The van der Waals surface area contributed by atoms with Crippen LogP contribution in [0.4, 0.5) is 5.69 Å². The number of benzene rings is 2. The summed E-state index contributed by atoms with van der Waals surface area (Å²) in [5, 5.41) is 11.5. The zero-order valence-electron chi connectivity index (χ0n) is 15.1. The van der Waals surface area contributed by atoms with Gasteiger partial charge >= 0.3 is 0 Å². The van der Waals surface area contributed by atoms with E-state index < -0.39 is 0 Å². The Hall–Kier alpha value is -3.33. The first kappa shape index (κ1) is 18.5. The number of para-hydroxylation sites is 1. The van der Waals surface area contributed by atoms with Crippen LogP contribution in [-0.2, 0) is 4.79 Å². The molecule has 0 aliphatic carbocycles. The van der Waals surface area contributed by atoms with E-state index in [0.29, 0.717) is 30.8 Å². The number of hydrogen-bond acceptors (Lipinski definition) is 4. The minimum Gasteiger partial charge on any atom is -0.368 e. The second kappa shape index (κ2) is 8.86. The second-order valence-corrected chi connectivity index (χ2v) is 6.40. The van der Waals surface area contributed by atoms with Crippen molar-refractivity contribution < 1.29 is 9.59 Å². The summed E-state index contributed by atoms with van der Waals surface area (Å²) in [6.45, 7) is 3.31. The Morgan fingerprint density at radius 3 is 2.26 bits per heavy atom. The van der Waals surface area contributed by atoms with Crippen LogP contribution in [0.2, 0.25) is 0 Å². The Bertz CT molecular complexity index is 820. The zero-order valence-corrected chi connectivity index (χ0v) is 15.1. The van der Waals surface area contributed by atoms with Crippen LogP contribution in [0.15, 0.2) is 54.6 Å². The smallest absolute Gasteiger partial charge is 0.251 e. The van der Waals surface area contributed by atoms with E-state index in [1.165, 1.54) is 5.69 Å². The van der Waals surface area contributed by atoms with Gasteiger partial charge in [0, 0.05) is 50.4 Å². The van der Waals surface area contributed by atoms with Gasteiger partial charge in [0.1, 0.15) is 0 Å². The van der Waals surface area contributed by atoms with E-state index in [4.69, 9.17) is 5.26 Å². The SMILES string of the molecule is N#Cc1ccc(C(=O)NCCC(=O)N2CCN(c3ccccc3)CC2)cc1. The summed E-state index contributed by atoms with van der Waals surface area (Å²) in [5.41, 5.74) is 2.17. The van der Waals surface area contributed by atoms with Gasteiger partial charge in [-0.1, -0.05) is 18.2 Å². The highest BCUT2D eigenvalue weighted by atomic mass is 16.2. The molecule has 0 unspecified atom stereocenters. The maximum Gasteiger partial charge on any atom is 0.251 e. The van der Waals surface area contributed by atoms with Gasteiger partial charge in [-0.2, -0.15) is 5.26 Å². The Morgan fingerprint density at radius 1 is 0.963 bits per heavy atom. The highest BCUT2D eigenvalue weighted by Crippen LogP contribution is 2.15. The molecule has 0 aromatic heterocycles. The average Bonchev–Trinajstić information content (AvgIpc) is 2.74. The monoisotopic (exact) mass is 362 g/mol. The van der Waals surface area contributed by atoms with E-state index in [0.717, 1.165) is 13.1 Å². The molecule has 0 saturated carbocycles. The molecule has 27 heavy (non-hydrogen) atoms. The molecule has 6 nitrogen and oxygen atoms in total. The first-order chi connectivity index (χ1) is 13.2. The average molecular weight is 362 g/mol.